The second kappa shape index (κ2) is 10.1. The molecule has 3 saturated carbocycles. The van der Waals surface area contributed by atoms with Gasteiger partial charge in [0.05, 0.1) is 30.0 Å². The summed E-state index contributed by atoms with van der Waals surface area (Å²) < 4.78 is 16.7. The number of hydrogen-bond donors (Lipinski definition) is 5. The maximum Gasteiger partial charge on any atom is 0.335 e. The van der Waals surface area contributed by atoms with E-state index in [4.69, 9.17) is 13.9 Å². The first-order chi connectivity index (χ1) is 19.1. The third-order valence-corrected chi connectivity index (χ3v) is 11.4. The monoisotopic (exact) mass is 560 g/mol. The van der Waals surface area contributed by atoms with Crippen molar-refractivity contribution in [2.24, 2.45) is 22.7 Å². The van der Waals surface area contributed by atoms with Crippen LogP contribution in [0.5, 0.6) is 0 Å². The lowest BCUT2D eigenvalue weighted by atomic mass is 9.45. The first-order valence-corrected chi connectivity index (χ1v) is 14.5. The van der Waals surface area contributed by atoms with E-state index in [0.717, 1.165) is 43.1 Å². The number of carbonyl (C=O) groups excluding carboxylic acids is 1. The second-order valence-electron chi connectivity index (χ2n) is 12.9. The van der Waals surface area contributed by atoms with Crippen molar-refractivity contribution in [3.63, 3.8) is 0 Å². The van der Waals surface area contributed by atoms with Crippen LogP contribution in [0.1, 0.15) is 69.8 Å². The second-order valence-corrected chi connectivity index (χ2v) is 12.9. The zero-order valence-corrected chi connectivity index (χ0v) is 22.7. The van der Waals surface area contributed by atoms with Crippen LogP contribution in [0, 0.1) is 22.7 Å². The van der Waals surface area contributed by atoms with Crippen molar-refractivity contribution >= 4 is 6.29 Å². The topological polar surface area (TPSA) is 167 Å². The molecular weight excluding hydrogens is 520 g/mol. The summed E-state index contributed by atoms with van der Waals surface area (Å²) in [5, 5.41) is 52.5. The van der Waals surface area contributed by atoms with Crippen molar-refractivity contribution in [3.8, 4) is 0 Å². The zero-order valence-electron chi connectivity index (χ0n) is 22.7. The molecule has 4 aliphatic carbocycles. The van der Waals surface area contributed by atoms with E-state index in [1.807, 2.05) is 12.1 Å². The van der Waals surface area contributed by atoms with E-state index in [9.17, 15) is 35.1 Å². The first kappa shape index (κ1) is 28.2. The number of ether oxygens (including phenoxy) is 2. The van der Waals surface area contributed by atoms with Crippen LogP contribution in [0.25, 0.3) is 0 Å². The van der Waals surface area contributed by atoms with Crippen LogP contribution in [0.4, 0.5) is 0 Å². The highest BCUT2D eigenvalue weighted by atomic mass is 16.7. The lowest BCUT2D eigenvalue weighted by Crippen LogP contribution is -2.61. The molecule has 0 unspecified atom stereocenters. The molecule has 5 aliphatic rings. The van der Waals surface area contributed by atoms with Crippen LogP contribution < -0.4 is 5.63 Å². The van der Waals surface area contributed by atoms with Crippen LogP contribution in [-0.4, -0.2) is 80.8 Å². The summed E-state index contributed by atoms with van der Waals surface area (Å²) >= 11 is 0. The molecule has 12 atom stereocenters. The number of aliphatic hydroxyl groups is 5. The lowest BCUT2D eigenvalue weighted by molar-refractivity contribution is -0.308. The number of allylic oxidation sites excluding steroid dienone is 1. The molecule has 0 spiro atoms. The van der Waals surface area contributed by atoms with Crippen LogP contribution in [0.15, 0.2) is 39.3 Å². The normalized spacial score (nSPS) is 48.5. The van der Waals surface area contributed by atoms with E-state index >= 15 is 0 Å². The van der Waals surface area contributed by atoms with Gasteiger partial charge in [0.1, 0.15) is 30.7 Å². The molecule has 1 aromatic rings. The third-order valence-electron chi connectivity index (χ3n) is 11.4. The highest BCUT2D eigenvalue weighted by Crippen LogP contribution is 2.69. The third kappa shape index (κ3) is 4.02. The standard InChI is InChI=1S/C30H40O10/c1-28-9-7-20-21(30(28,37)11-8-19(28)16-2-5-23(33)38-14-16)4-3-17-12-18(6-10-29(17,20)15-32)39-27-26(36)25(35)24(34)22(13-31)40-27/h2,5,12,14-15,18-22,24-27,31,34-37H,3-4,6-11,13H2,1H3/t18-,19+,20-,21+,22+,24+,25-,26+,27+,28+,29+,30-/m0/s1. The summed E-state index contributed by atoms with van der Waals surface area (Å²) in [6.45, 7) is 1.62. The molecule has 1 saturated heterocycles. The molecule has 4 fully saturated rings. The van der Waals surface area contributed by atoms with Gasteiger partial charge in [-0.2, -0.15) is 0 Å². The van der Waals surface area contributed by atoms with Crippen molar-refractivity contribution in [1.82, 2.24) is 0 Å². The molecule has 1 aliphatic heterocycles. The van der Waals surface area contributed by atoms with Gasteiger partial charge in [0, 0.05) is 11.5 Å². The summed E-state index contributed by atoms with van der Waals surface area (Å²) in [6, 6.07) is 3.25. The van der Waals surface area contributed by atoms with Crippen LogP contribution >= 0.6 is 0 Å². The minimum absolute atomic E-state index is 0.0104. The molecule has 40 heavy (non-hydrogen) atoms. The van der Waals surface area contributed by atoms with Gasteiger partial charge in [0.15, 0.2) is 6.29 Å². The average Bonchev–Trinajstić information content (AvgIpc) is 3.24. The Morgan fingerprint density at radius 3 is 2.52 bits per heavy atom. The van der Waals surface area contributed by atoms with Crippen molar-refractivity contribution < 1.29 is 44.2 Å². The highest BCUT2D eigenvalue weighted by Gasteiger charge is 2.67. The zero-order chi connectivity index (χ0) is 28.4. The minimum Gasteiger partial charge on any atom is -0.431 e. The van der Waals surface area contributed by atoms with Crippen molar-refractivity contribution in [2.45, 2.75) is 107 Å². The molecule has 0 amide bonds. The molecule has 5 N–H and O–H groups in total. The Kier molecular flexibility index (Phi) is 7.13. The fourth-order valence-electron chi connectivity index (χ4n) is 9.15. The Morgan fingerprint density at radius 2 is 1.82 bits per heavy atom. The SMILES string of the molecule is C[C@]12CC[C@H]3[C@@H](CCC4=C[C@@H](O[C@@H]5O[C@H](CO)[C@@H](O)[C@H](O)[C@H]5O)CC[C@@]43C=O)[C@@]1(O)CC[C@@H]2c1ccc(=O)oc1. The van der Waals surface area contributed by atoms with Gasteiger partial charge in [-0.15, -0.1) is 0 Å². The Labute approximate surface area is 232 Å². The number of fused-ring (bicyclic) bond motifs is 5. The summed E-state index contributed by atoms with van der Waals surface area (Å²) in [5.41, 5.74) is -0.520. The molecule has 220 valence electrons. The van der Waals surface area contributed by atoms with E-state index in [1.54, 1.807) is 0 Å². The molecule has 1 aromatic heterocycles. The van der Waals surface area contributed by atoms with Gasteiger partial charge in [-0.25, -0.2) is 4.79 Å². The largest absolute Gasteiger partial charge is 0.431 e. The maximum atomic E-state index is 12.9. The molecule has 6 rings (SSSR count). The predicted molar refractivity (Wildman–Crippen MR) is 140 cm³/mol. The number of carbonyl (C=O) groups is 1. The molecule has 10 heteroatoms. The van der Waals surface area contributed by atoms with E-state index in [2.05, 4.69) is 6.92 Å². The van der Waals surface area contributed by atoms with Gasteiger partial charge in [0.25, 0.3) is 0 Å². The van der Waals surface area contributed by atoms with Crippen molar-refractivity contribution in [1.29, 1.82) is 0 Å². The van der Waals surface area contributed by atoms with Gasteiger partial charge >= 0.3 is 5.63 Å². The molecule has 0 radical (unpaired) electrons. The predicted octanol–water partition coefficient (Wildman–Crippen LogP) is 1.17. The number of hydrogen-bond acceptors (Lipinski definition) is 10. The fraction of sp³-hybridized carbons (Fsp3) is 0.733. The number of aldehydes is 1. The smallest absolute Gasteiger partial charge is 0.335 e. The van der Waals surface area contributed by atoms with Gasteiger partial charge in [-0.1, -0.05) is 18.6 Å². The van der Waals surface area contributed by atoms with E-state index in [1.165, 1.54) is 12.3 Å². The molecule has 0 bridgehead atoms. The van der Waals surface area contributed by atoms with Gasteiger partial charge in [-0.05, 0) is 80.8 Å². The van der Waals surface area contributed by atoms with Crippen LogP contribution in [0.3, 0.4) is 0 Å². The summed E-state index contributed by atoms with van der Waals surface area (Å²) in [5.74, 6) is 0.00979. The number of rotatable bonds is 5. The lowest BCUT2D eigenvalue weighted by Gasteiger charge is -2.61. The maximum absolute atomic E-state index is 12.9. The van der Waals surface area contributed by atoms with E-state index in [0.29, 0.717) is 25.7 Å². The molecule has 2 heterocycles. The Balaban J connectivity index is 1.23. The average molecular weight is 561 g/mol. The van der Waals surface area contributed by atoms with Gasteiger partial charge < -0.3 is 44.2 Å². The Bertz CT molecular complexity index is 1190. The van der Waals surface area contributed by atoms with Gasteiger partial charge in [-0.3, -0.25) is 0 Å². The minimum atomic E-state index is -1.52. The number of aliphatic hydroxyl groups excluding tert-OH is 4. The van der Waals surface area contributed by atoms with Crippen molar-refractivity contribution in [3.05, 3.63) is 46.0 Å². The molecule has 0 aromatic carbocycles. The Morgan fingerprint density at radius 1 is 1.02 bits per heavy atom. The molecule has 10 nitrogen and oxygen atoms in total. The van der Waals surface area contributed by atoms with E-state index in [-0.39, 0.29) is 17.8 Å². The van der Waals surface area contributed by atoms with Crippen LogP contribution in [-0.2, 0) is 14.3 Å². The van der Waals surface area contributed by atoms with Crippen LogP contribution in [0.2, 0.25) is 0 Å². The quantitative estimate of drug-likeness (QED) is 0.260. The summed E-state index contributed by atoms with van der Waals surface area (Å²) in [4.78, 5) is 24.5. The molecular formula is C30H40O10. The summed E-state index contributed by atoms with van der Waals surface area (Å²) in [7, 11) is 0. The van der Waals surface area contributed by atoms with Gasteiger partial charge in [0.2, 0.25) is 0 Å². The Hall–Kier alpha value is -1.92. The van der Waals surface area contributed by atoms with E-state index < -0.39 is 65.5 Å². The fourth-order valence-corrected chi connectivity index (χ4v) is 9.15. The highest BCUT2D eigenvalue weighted by molar-refractivity contribution is 5.67. The van der Waals surface area contributed by atoms with Crippen molar-refractivity contribution in [2.75, 3.05) is 6.61 Å². The summed E-state index contributed by atoms with van der Waals surface area (Å²) in [6.07, 6.45) is 2.69. The first-order valence-electron chi connectivity index (χ1n) is 14.5.